The van der Waals surface area contributed by atoms with Gasteiger partial charge in [0, 0.05) is 16.8 Å². The molecule has 208 valence electrons. The first-order chi connectivity index (χ1) is 19.6. The minimum Gasteiger partial charge on any atom is -0.484 e. The molecular weight excluding hydrogens is 559 g/mol. The molecule has 1 aromatic heterocycles. The second-order valence-electron chi connectivity index (χ2n) is 9.04. The molecule has 0 spiro atoms. The van der Waals surface area contributed by atoms with Gasteiger partial charge in [0.05, 0.1) is 5.39 Å². The van der Waals surface area contributed by atoms with E-state index in [1.807, 2.05) is 37.3 Å². The maximum absolute atomic E-state index is 14.0. The van der Waals surface area contributed by atoms with Crippen LogP contribution in [0.15, 0.2) is 100 Å². The van der Waals surface area contributed by atoms with Crippen LogP contribution in [0.1, 0.15) is 11.3 Å². The number of rotatable bonds is 7. The SMILES string of the molecule is Cc1ccc(NC(=O)COc2ccc3c(=O)c(Oc4ccc(-c5ccccc5)cc4)c(C(F)(F)F)oc3c2)cc1Cl. The summed E-state index contributed by atoms with van der Waals surface area (Å²) < 4.78 is 57.8. The molecule has 0 radical (unpaired) electrons. The van der Waals surface area contributed by atoms with Crippen molar-refractivity contribution in [3.8, 4) is 28.4 Å². The molecule has 0 bridgehead atoms. The number of benzene rings is 4. The molecule has 5 aromatic rings. The Morgan fingerprint density at radius 1 is 0.902 bits per heavy atom. The molecule has 5 rings (SSSR count). The van der Waals surface area contributed by atoms with Gasteiger partial charge >= 0.3 is 6.18 Å². The molecule has 0 aliphatic heterocycles. The summed E-state index contributed by atoms with van der Waals surface area (Å²) in [6, 6.07) is 24.4. The van der Waals surface area contributed by atoms with E-state index in [0.29, 0.717) is 10.7 Å². The number of hydrogen-bond acceptors (Lipinski definition) is 5. The number of aryl methyl sites for hydroxylation is 1. The minimum absolute atomic E-state index is 0.0241. The minimum atomic E-state index is -5.03. The normalized spacial score (nSPS) is 11.3. The van der Waals surface area contributed by atoms with Gasteiger partial charge in [-0.05, 0) is 60.0 Å². The van der Waals surface area contributed by atoms with Gasteiger partial charge in [0.1, 0.15) is 17.1 Å². The number of halogens is 4. The van der Waals surface area contributed by atoms with Crippen molar-refractivity contribution in [3.05, 3.63) is 118 Å². The second kappa shape index (κ2) is 11.4. The van der Waals surface area contributed by atoms with Gasteiger partial charge in [-0.15, -0.1) is 0 Å². The molecular formula is C31H21ClF3NO5. The molecule has 4 aromatic carbocycles. The number of nitrogens with one attached hydrogen (secondary N) is 1. The number of hydrogen-bond donors (Lipinski definition) is 1. The van der Waals surface area contributed by atoms with E-state index in [2.05, 4.69) is 5.32 Å². The molecule has 0 saturated carbocycles. The van der Waals surface area contributed by atoms with E-state index in [1.165, 1.54) is 24.3 Å². The number of amides is 1. The molecule has 0 aliphatic carbocycles. The van der Waals surface area contributed by atoms with Crippen molar-refractivity contribution in [2.45, 2.75) is 13.1 Å². The number of alkyl halides is 3. The third kappa shape index (κ3) is 6.36. The Hall–Kier alpha value is -4.76. The largest absolute Gasteiger partial charge is 0.484 e. The van der Waals surface area contributed by atoms with Gasteiger partial charge in [0.15, 0.2) is 6.61 Å². The van der Waals surface area contributed by atoms with Crippen molar-refractivity contribution >= 4 is 34.2 Å². The number of fused-ring (bicyclic) bond motifs is 1. The van der Waals surface area contributed by atoms with Gasteiger partial charge in [0.25, 0.3) is 11.7 Å². The number of anilines is 1. The Morgan fingerprint density at radius 3 is 2.27 bits per heavy atom. The van der Waals surface area contributed by atoms with E-state index in [0.717, 1.165) is 22.8 Å². The average molecular weight is 580 g/mol. The predicted molar refractivity (Wildman–Crippen MR) is 150 cm³/mol. The average Bonchev–Trinajstić information content (AvgIpc) is 2.95. The van der Waals surface area contributed by atoms with E-state index in [-0.39, 0.29) is 22.5 Å². The molecule has 0 unspecified atom stereocenters. The predicted octanol–water partition coefficient (Wildman–Crippen LogP) is 8.25. The van der Waals surface area contributed by atoms with E-state index in [4.69, 9.17) is 25.5 Å². The van der Waals surface area contributed by atoms with Gasteiger partial charge in [-0.1, -0.05) is 60.1 Å². The highest BCUT2D eigenvalue weighted by Crippen LogP contribution is 2.39. The standard InChI is InChI=1S/C31H21ClF3NO5/c1-18-7-10-21(15-25(18)32)36-27(37)17-39-23-13-14-24-26(16-23)41-30(31(33,34)35)29(28(24)38)40-22-11-8-20(9-12-22)19-5-3-2-4-6-19/h2-16H,17H2,1H3,(H,36,37). The lowest BCUT2D eigenvalue weighted by atomic mass is 10.1. The highest BCUT2D eigenvalue weighted by molar-refractivity contribution is 6.31. The zero-order valence-electron chi connectivity index (χ0n) is 21.4. The van der Waals surface area contributed by atoms with Gasteiger partial charge in [0.2, 0.25) is 11.2 Å². The first kappa shape index (κ1) is 27.8. The van der Waals surface area contributed by atoms with Crippen LogP contribution in [0, 0.1) is 6.92 Å². The Morgan fingerprint density at radius 2 is 1.59 bits per heavy atom. The van der Waals surface area contributed by atoms with Crippen LogP contribution >= 0.6 is 11.6 Å². The number of carbonyl (C=O) groups excluding carboxylic acids is 1. The Balaban J connectivity index is 1.38. The number of carbonyl (C=O) groups is 1. The second-order valence-corrected chi connectivity index (χ2v) is 9.45. The van der Waals surface area contributed by atoms with Crippen molar-refractivity contribution in [1.29, 1.82) is 0 Å². The third-order valence-electron chi connectivity index (χ3n) is 6.09. The molecule has 0 atom stereocenters. The summed E-state index contributed by atoms with van der Waals surface area (Å²) in [5, 5.41) is 2.93. The smallest absolute Gasteiger partial charge is 0.453 e. The van der Waals surface area contributed by atoms with Gasteiger partial charge in [-0.25, -0.2) is 0 Å². The first-order valence-corrected chi connectivity index (χ1v) is 12.7. The zero-order valence-corrected chi connectivity index (χ0v) is 22.2. The lowest BCUT2D eigenvalue weighted by molar-refractivity contribution is -0.154. The Labute approximate surface area is 236 Å². The van der Waals surface area contributed by atoms with E-state index in [1.54, 1.807) is 30.3 Å². The van der Waals surface area contributed by atoms with Crippen LogP contribution < -0.4 is 20.2 Å². The van der Waals surface area contributed by atoms with Crippen LogP contribution in [0.25, 0.3) is 22.1 Å². The van der Waals surface area contributed by atoms with E-state index in [9.17, 15) is 22.8 Å². The maximum Gasteiger partial charge on any atom is 0.453 e. The molecule has 0 saturated heterocycles. The van der Waals surface area contributed by atoms with Crippen LogP contribution in [0.5, 0.6) is 17.2 Å². The van der Waals surface area contributed by atoms with Crippen LogP contribution in [-0.4, -0.2) is 12.5 Å². The van der Waals surface area contributed by atoms with Gasteiger partial charge < -0.3 is 19.2 Å². The summed E-state index contributed by atoms with van der Waals surface area (Å²) in [5.41, 5.74) is 1.64. The van der Waals surface area contributed by atoms with Crippen molar-refractivity contribution in [3.63, 3.8) is 0 Å². The van der Waals surface area contributed by atoms with Crippen molar-refractivity contribution in [2.24, 2.45) is 0 Å². The van der Waals surface area contributed by atoms with E-state index < -0.39 is 35.6 Å². The maximum atomic E-state index is 14.0. The van der Waals surface area contributed by atoms with Crippen LogP contribution in [-0.2, 0) is 11.0 Å². The van der Waals surface area contributed by atoms with Gasteiger partial charge in [-0.2, -0.15) is 13.2 Å². The molecule has 0 aliphatic rings. The quantitative estimate of drug-likeness (QED) is 0.210. The summed E-state index contributed by atoms with van der Waals surface area (Å²) >= 11 is 6.06. The Bertz CT molecular complexity index is 1790. The lowest BCUT2D eigenvalue weighted by Crippen LogP contribution is -2.20. The van der Waals surface area contributed by atoms with Crippen LogP contribution in [0.2, 0.25) is 5.02 Å². The van der Waals surface area contributed by atoms with Crippen LogP contribution in [0.4, 0.5) is 18.9 Å². The molecule has 6 nitrogen and oxygen atoms in total. The highest BCUT2D eigenvalue weighted by atomic mass is 35.5. The van der Waals surface area contributed by atoms with E-state index >= 15 is 0 Å². The topological polar surface area (TPSA) is 77.8 Å². The summed E-state index contributed by atoms with van der Waals surface area (Å²) in [5.74, 6) is -3.04. The third-order valence-corrected chi connectivity index (χ3v) is 6.49. The molecule has 41 heavy (non-hydrogen) atoms. The fourth-order valence-corrected chi connectivity index (χ4v) is 4.19. The fourth-order valence-electron chi connectivity index (χ4n) is 4.01. The number of ether oxygens (including phenoxy) is 2. The molecule has 1 N–H and O–H groups in total. The molecule has 0 fully saturated rings. The molecule has 10 heteroatoms. The Kier molecular flexibility index (Phi) is 7.72. The monoisotopic (exact) mass is 579 g/mol. The lowest BCUT2D eigenvalue weighted by Gasteiger charge is -2.14. The molecule has 1 amide bonds. The fraction of sp³-hybridized carbons (Fsp3) is 0.0968. The zero-order chi connectivity index (χ0) is 29.1. The highest BCUT2D eigenvalue weighted by Gasteiger charge is 2.40. The van der Waals surface area contributed by atoms with Crippen molar-refractivity contribution < 1.29 is 31.9 Å². The van der Waals surface area contributed by atoms with Crippen molar-refractivity contribution in [2.75, 3.05) is 11.9 Å². The van der Waals surface area contributed by atoms with Crippen molar-refractivity contribution in [1.82, 2.24) is 0 Å². The summed E-state index contributed by atoms with van der Waals surface area (Å²) in [6.07, 6.45) is -5.03. The molecule has 1 heterocycles. The first-order valence-electron chi connectivity index (χ1n) is 12.3. The summed E-state index contributed by atoms with van der Waals surface area (Å²) in [6.45, 7) is 1.37. The summed E-state index contributed by atoms with van der Waals surface area (Å²) in [4.78, 5) is 25.4. The van der Waals surface area contributed by atoms with Gasteiger partial charge in [-0.3, -0.25) is 9.59 Å². The van der Waals surface area contributed by atoms with Crippen LogP contribution in [0.3, 0.4) is 0 Å². The summed E-state index contributed by atoms with van der Waals surface area (Å²) in [7, 11) is 0.